The fourth-order valence-electron chi connectivity index (χ4n) is 1.83. The van der Waals surface area contributed by atoms with Crippen molar-refractivity contribution < 1.29 is 0 Å². The average Bonchev–Trinajstić information content (AvgIpc) is 2.92. The van der Waals surface area contributed by atoms with Crippen LogP contribution in [0.15, 0.2) is 41.1 Å². The van der Waals surface area contributed by atoms with Gasteiger partial charge in [0.25, 0.3) is 0 Å². The Labute approximate surface area is 112 Å². The Bertz CT molecular complexity index is 508. The van der Waals surface area contributed by atoms with Crippen LogP contribution in [-0.4, -0.2) is 6.54 Å². The summed E-state index contributed by atoms with van der Waals surface area (Å²) >= 11 is 1.74. The van der Waals surface area contributed by atoms with E-state index in [4.69, 9.17) is 5.26 Å². The second-order valence-corrected chi connectivity index (χ2v) is 5.07. The van der Waals surface area contributed by atoms with Crippen molar-refractivity contribution in [1.29, 1.82) is 5.26 Å². The van der Waals surface area contributed by atoms with E-state index < -0.39 is 0 Å². The molecule has 2 nitrogen and oxygen atoms in total. The number of nitrogens with one attached hydrogen (secondary N) is 1. The summed E-state index contributed by atoms with van der Waals surface area (Å²) in [4.78, 5) is 0. The van der Waals surface area contributed by atoms with Gasteiger partial charge in [-0.25, -0.2) is 0 Å². The summed E-state index contributed by atoms with van der Waals surface area (Å²) in [5.41, 5.74) is 3.32. The third-order valence-electron chi connectivity index (χ3n) is 2.98. The highest BCUT2D eigenvalue weighted by atomic mass is 32.1. The van der Waals surface area contributed by atoms with Crippen LogP contribution in [0.25, 0.3) is 0 Å². The van der Waals surface area contributed by atoms with Crippen LogP contribution >= 0.6 is 11.3 Å². The number of nitriles is 1. The maximum Gasteiger partial charge on any atom is 0.0991 e. The van der Waals surface area contributed by atoms with Gasteiger partial charge in [0, 0.05) is 6.04 Å². The second kappa shape index (κ2) is 6.34. The first-order valence-corrected chi connectivity index (χ1v) is 6.98. The molecule has 2 rings (SSSR count). The zero-order valence-corrected chi connectivity index (χ0v) is 11.2. The summed E-state index contributed by atoms with van der Waals surface area (Å²) in [7, 11) is 0. The minimum atomic E-state index is 0.316. The fraction of sp³-hybridized carbons (Fsp3) is 0.267. The van der Waals surface area contributed by atoms with Gasteiger partial charge < -0.3 is 5.32 Å². The number of nitrogens with zero attached hydrogens (tertiary/aromatic N) is 1. The van der Waals surface area contributed by atoms with E-state index >= 15 is 0 Å². The van der Waals surface area contributed by atoms with E-state index in [-0.39, 0.29) is 0 Å². The van der Waals surface area contributed by atoms with Crippen molar-refractivity contribution in [3.8, 4) is 6.07 Å². The van der Waals surface area contributed by atoms with Crippen molar-refractivity contribution in [2.75, 3.05) is 6.54 Å². The molecule has 0 spiro atoms. The Balaban J connectivity index is 1.83. The van der Waals surface area contributed by atoms with Crippen molar-refractivity contribution >= 4 is 11.3 Å². The molecular weight excluding hydrogens is 240 g/mol. The monoisotopic (exact) mass is 256 g/mol. The molecule has 92 valence electrons. The lowest BCUT2D eigenvalue weighted by Crippen LogP contribution is -2.21. The van der Waals surface area contributed by atoms with Gasteiger partial charge in [-0.3, -0.25) is 0 Å². The molecule has 2 aromatic rings. The Hall–Kier alpha value is -1.63. The van der Waals surface area contributed by atoms with Crippen molar-refractivity contribution in [2.45, 2.75) is 19.4 Å². The minimum absolute atomic E-state index is 0.316. The Morgan fingerprint density at radius 1 is 1.28 bits per heavy atom. The van der Waals surface area contributed by atoms with E-state index in [9.17, 15) is 0 Å². The molecule has 18 heavy (non-hydrogen) atoms. The van der Waals surface area contributed by atoms with E-state index in [1.54, 1.807) is 11.3 Å². The topological polar surface area (TPSA) is 35.8 Å². The van der Waals surface area contributed by atoms with Gasteiger partial charge in [-0.15, -0.1) is 0 Å². The number of rotatable bonds is 5. The van der Waals surface area contributed by atoms with Gasteiger partial charge in [0.1, 0.15) is 0 Å². The molecule has 0 radical (unpaired) electrons. The third kappa shape index (κ3) is 3.43. The molecule has 0 bridgehead atoms. The first kappa shape index (κ1) is 12.8. The first-order valence-electron chi connectivity index (χ1n) is 6.04. The maximum absolute atomic E-state index is 8.75. The molecule has 1 unspecified atom stereocenters. The van der Waals surface area contributed by atoms with Crippen LogP contribution in [-0.2, 0) is 6.42 Å². The van der Waals surface area contributed by atoms with Gasteiger partial charge in [-0.2, -0.15) is 16.6 Å². The highest BCUT2D eigenvalue weighted by Crippen LogP contribution is 2.13. The first-order chi connectivity index (χ1) is 8.79. The molecule has 0 aliphatic rings. The summed E-state index contributed by atoms with van der Waals surface area (Å²) < 4.78 is 0. The SMILES string of the molecule is CC(NCCc1ccsc1)c1ccc(C#N)cc1. The molecule has 1 N–H and O–H groups in total. The van der Waals surface area contributed by atoms with Crippen molar-refractivity contribution in [1.82, 2.24) is 5.32 Å². The van der Waals surface area contributed by atoms with Crippen LogP contribution < -0.4 is 5.32 Å². The van der Waals surface area contributed by atoms with E-state index in [0.717, 1.165) is 13.0 Å². The minimum Gasteiger partial charge on any atom is -0.310 e. The van der Waals surface area contributed by atoms with Gasteiger partial charge in [0.2, 0.25) is 0 Å². The normalized spacial score (nSPS) is 12.0. The van der Waals surface area contributed by atoms with Crippen LogP contribution in [0.2, 0.25) is 0 Å². The molecule has 1 aromatic carbocycles. The fourth-order valence-corrected chi connectivity index (χ4v) is 2.54. The summed E-state index contributed by atoms with van der Waals surface area (Å²) in [6, 6.07) is 12.4. The second-order valence-electron chi connectivity index (χ2n) is 4.29. The predicted molar refractivity (Wildman–Crippen MR) is 75.6 cm³/mol. The maximum atomic E-state index is 8.75. The summed E-state index contributed by atoms with van der Waals surface area (Å²) in [6.07, 6.45) is 1.06. The molecule has 1 atom stereocenters. The molecule has 0 saturated heterocycles. The predicted octanol–water partition coefficient (Wildman–Crippen LogP) is 3.51. The highest BCUT2D eigenvalue weighted by Gasteiger charge is 2.04. The van der Waals surface area contributed by atoms with E-state index in [1.165, 1.54) is 11.1 Å². The molecule has 1 heterocycles. The van der Waals surface area contributed by atoms with Crippen LogP contribution in [0.1, 0.15) is 29.7 Å². The van der Waals surface area contributed by atoms with Crippen LogP contribution in [0.4, 0.5) is 0 Å². The van der Waals surface area contributed by atoms with Crippen LogP contribution in [0, 0.1) is 11.3 Å². The van der Waals surface area contributed by atoms with Gasteiger partial charge in [-0.1, -0.05) is 12.1 Å². The Morgan fingerprint density at radius 3 is 2.67 bits per heavy atom. The quantitative estimate of drug-likeness (QED) is 0.888. The standard InChI is InChI=1S/C15H16N2S/c1-12(15-4-2-13(10-16)3-5-15)17-8-6-14-7-9-18-11-14/h2-5,7,9,11-12,17H,6,8H2,1H3. The molecule has 0 aliphatic carbocycles. The number of hydrogen-bond acceptors (Lipinski definition) is 3. The van der Waals surface area contributed by atoms with Crippen molar-refractivity contribution in [2.24, 2.45) is 0 Å². The van der Waals surface area contributed by atoms with E-state index in [2.05, 4.69) is 35.1 Å². The Kier molecular flexibility index (Phi) is 4.52. The van der Waals surface area contributed by atoms with Crippen molar-refractivity contribution in [3.05, 3.63) is 57.8 Å². The zero-order valence-electron chi connectivity index (χ0n) is 10.4. The number of hydrogen-bond donors (Lipinski definition) is 1. The van der Waals surface area contributed by atoms with Crippen LogP contribution in [0.3, 0.4) is 0 Å². The van der Waals surface area contributed by atoms with Crippen molar-refractivity contribution in [3.63, 3.8) is 0 Å². The molecule has 0 fully saturated rings. The molecule has 0 amide bonds. The number of thiophene rings is 1. The zero-order chi connectivity index (χ0) is 12.8. The molecule has 1 aromatic heterocycles. The lowest BCUT2D eigenvalue weighted by Gasteiger charge is -2.13. The van der Waals surface area contributed by atoms with Gasteiger partial charge >= 0.3 is 0 Å². The summed E-state index contributed by atoms with van der Waals surface area (Å²) in [5, 5.41) is 16.5. The molecular formula is C15H16N2S. The van der Waals surface area contributed by atoms with E-state index in [1.807, 2.05) is 24.3 Å². The van der Waals surface area contributed by atoms with Crippen LogP contribution in [0.5, 0.6) is 0 Å². The molecule has 0 saturated carbocycles. The lowest BCUT2D eigenvalue weighted by atomic mass is 10.1. The molecule has 3 heteroatoms. The van der Waals surface area contributed by atoms with Gasteiger partial charge in [-0.05, 0) is 60.0 Å². The summed E-state index contributed by atoms with van der Waals surface area (Å²) in [5.74, 6) is 0. The largest absolute Gasteiger partial charge is 0.310 e. The number of benzene rings is 1. The highest BCUT2D eigenvalue weighted by molar-refractivity contribution is 7.07. The molecule has 0 aliphatic heterocycles. The smallest absolute Gasteiger partial charge is 0.0991 e. The summed E-state index contributed by atoms with van der Waals surface area (Å²) in [6.45, 7) is 3.12. The average molecular weight is 256 g/mol. The van der Waals surface area contributed by atoms with E-state index in [0.29, 0.717) is 11.6 Å². The Morgan fingerprint density at radius 2 is 2.06 bits per heavy atom. The van der Waals surface area contributed by atoms with Gasteiger partial charge in [0.15, 0.2) is 0 Å². The van der Waals surface area contributed by atoms with Gasteiger partial charge in [0.05, 0.1) is 11.6 Å². The third-order valence-corrected chi connectivity index (χ3v) is 3.72. The lowest BCUT2D eigenvalue weighted by molar-refractivity contribution is 0.577.